The van der Waals surface area contributed by atoms with Gasteiger partial charge in [-0.25, -0.2) is 4.98 Å². The van der Waals surface area contributed by atoms with E-state index in [0.29, 0.717) is 24.0 Å². The number of carbonyl (C=O) groups excluding carboxylic acids is 2. The maximum atomic E-state index is 13.4. The third-order valence-corrected chi connectivity index (χ3v) is 6.20. The van der Waals surface area contributed by atoms with Crippen molar-refractivity contribution in [2.75, 3.05) is 18.6 Å². The average molecular weight is 447 g/mol. The number of amides is 2. The van der Waals surface area contributed by atoms with Gasteiger partial charge >= 0.3 is 0 Å². The van der Waals surface area contributed by atoms with Crippen LogP contribution in [0.3, 0.4) is 0 Å². The van der Waals surface area contributed by atoms with Gasteiger partial charge in [0.15, 0.2) is 0 Å². The van der Waals surface area contributed by atoms with Gasteiger partial charge in [-0.1, -0.05) is 44.2 Å². The molecule has 1 N–H and O–H groups in total. The molecular weight excluding hydrogens is 416 g/mol. The largest absolute Gasteiger partial charge is 0.496 e. The maximum Gasteiger partial charge on any atom is 0.227 e. The second kappa shape index (κ2) is 9.48. The SMILES string of the molecule is COc1ccccc1[C@@H](NC(=O)[C@@H]1CC(=O)N(c2cccc(C(C)C)c2)C1)c1nccn1C. The number of hydrogen-bond donors (Lipinski definition) is 1. The number of nitrogens with one attached hydrogen (secondary N) is 1. The van der Waals surface area contributed by atoms with Crippen molar-refractivity contribution in [3.8, 4) is 5.75 Å². The fraction of sp³-hybridized carbons (Fsp3) is 0.346. The average Bonchev–Trinajstić information content (AvgIpc) is 3.42. The van der Waals surface area contributed by atoms with Crippen molar-refractivity contribution in [2.45, 2.75) is 32.2 Å². The summed E-state index contributed by atoms with van der Waals surface area (Å²) < 4.78 is 7.42. The molecule has 0 aliphatic carbocycles. The Morgan fingerprint density at radius 3 is 2.67 bits per heavy atom. The molecule has 2 atom stereocenters. The molecule has 0 bridgehead atoms. The van der Waals surface area contributed by atoms with Crippen molar-refractivity contribution in [3.63, 3.8) is 0 Å². The molecule has 1 aliphatic rings. The number of benzene rings is 2. The molecule has 0 spiro atoms. The van der Waals surface area contributed by atoms with Crippen LogP contribution in [0.5, 0.6) is 5.75 Å². The van der Waals surface area contributed by atoms with Gasteiger partial charge in [0.05, 0.1) is 13.0 Å². The molecule has 2 amide bonds. The molecule has 7 nitrogen and oxygen atoms in total. The first kappa shape index (κ1) is 22.6. The van der Waals surface area contributed by atoms with Gasteiger partial charge in [-0.3, -0.25) is 9.59 Å². The summed E-state index contributed by atoms with van der Waals surface area (Å²) in [6.07, 6.45) is 3.72. The minimum atomic E-state index is -0.498. The van der Waals surface area contributed by atoms with Crippen LogP contribution < -0.4 is 15.0 Å². The third kappa shape index (κ3) is 4.62. The van der Waals surface area contributed by atoms with Crippen LogP contribution in [0.1, 0.15) is 49.2 Å². The fourth-order valence-electron chi connectivity index (χ4n) is 4.29. The van der Waals surface area contributed by atoms with Crippen molar-refractivity contribution in [1.82, 2.24) is 14.9 Å². The molecule has 0 radical (unpaired) electrons. The number of ether oxygens (including phenoxy) is 1. The van der Waals surface area contributed by atoms with Gasteiger partial charge in [0.1, 0.15) is 17.6 Å². The van der Waals surface area contributed by atoms with Gasteiger partial charge in [0.2, 0.25) is 11.8 Å². The molecule has 4 rings (SSSR count). The lowest BCUT2D eigenvalue weighted by atomic mass is 10.0. The summed E-state index contributed by atoms with van der Waals surface area (Å²) >= 11 is 0. The predicted molar refractivity (Wildman–Crippen MR) is 127 cm³/mol. The van der Waals surface area contributed by atoms with E-state index in [4.69, 9.17) is 4.74 Å². The lowest BCUT2D eigenvalue weighted by Gasteiger charge is -2.23. The van der Waals surface area contributed by atoms with Gasteiger partial charge in [-0.2, -0.15) is 0 Å². The Morgan fingerprint density at radius 2 is 1.97 bits per heavy atom. The Morgan fingerprint density at radius 1 is 1.18 bits per heavy atom. The number of aryl methyl sites for hydroxylation is 1. The van der Waals surface area contributed by atoms with Crippen LogP contribution in [0.2, 0.25) is 0 Å². The topological polar surface area (TPSA) is 76.5 Å². The molecule has 2 aromatic carbocycles. The Bertz CT molecular complexity index is 1150. The number of anilines is 1. The van der Waals surface area contributed by atoms with E-state index < -0.39 is 12.0 Å². The summed E-state index contributed by atoms with van der Waals surface area (Å²) in [6.45, 7) is 4.60. The van der Waals surface area contributed by atoms with Crippen molar-refractivity contribution in [1.29, 1.82) is 0 Å². The predicted octanol–water partition coefficient (Wildman–Crippen LogP) is 3.81. The highest BCUT2D eigenvalue weighted by atomic mass is 16.5. The van der Waals surface area contributed by atoms with E-state index in [0.717, 1.165) is 11.3 Å². The summed E-state index contributed by atoms with van der Waals surface area (Å²) in [6, 6.07) is 15.1. The summed E-state index contributed by atoms with van der Waals surface area (Å²) in [5.41, 5.74) is 2.82. The van der Waals surface area contributed by atoms with Gasteiger partial charge < -0.3 is 19.5 Å². The van der Waals surface area contributed by atoms with E-state index in [1.54, 1.807) is 18.2 Å². The normalized spacial score (nSPS) is 16.8. The number of imidazole rings is 1. The quantitative estimate of drug-likeness (QED) is 0.599. The zero-order valence-electron chi connectivity index (χ0n) is 19.5. The first-order valence-corrected chi connectivity index (χ1v) is 11.2. The van der Waals surface area contributed by atoms with Gasteiger partial charge in [-0.05, 0) is 29.7 Å². The number of aromatic nitrogens is 2. The van der Waals surface area contributed by atoms with E-state index in [2.05, 4.69) is 30.2 Å². The van der Waals surface area contributed by atoms with Crippen LogP contribution in [0.15, 0.2) is 60.9 Å². The summed E-state index contributed by atoms with van der Waals surface area (Å²) in [5, 5.41) is 3.13. The van der Waals surface area contributed by atoms with Crippen molar-refractivity contribution in [2.24, 2.45) is 13.0 Å². The van der Waals surface area contributed by atoms with E-state index in [1.165, 1.54) is 5.56 Å². The zero-order valence-corrected chi connectivity index (χ0v) is 19.5. The van der Waals surface area contributed by atoms with E-state index in [1.807, 2.05) is 60.3 Å². The zero-order chi connectivity index (χ0) is 23.5. The van der Waals surface area contributed by atoms with Gasteiger partial charge in [0, 0.05) is 43.7 Å². The van der Waals surface area contributed by atoms with Gasteiger partial charge in [-0.15, -0.1) is 0 Å². The molecule has 1 fully saturated rings. The Hall–Kier alpha value is -3.61. The Kier molecular flexibility index (Phi) is 6.49. The molecule has 0 unspecified atom stereocenters. The first-order chi connectivity index (χ1) is 15.9. The van der Waals surface area contributed by atoms with E-state index >= 15 is 0 Å². The lowest BCUT2D eigenvalue weighted by Crippen LogP contribution is -2.37. The van der Waals surface area contributed by atoms with E-state index in [-0.39, 0.29) is 18.2 Å². The summed E-state index contributed by atoms with van der Waals surface area (Å²) in [4.78, 5) is 32.4. The van der Waals surface area contributed by atoms with Gasteiger partial charge in [0.25, 0.3) is 0 Å². The highest BCUT2D eigenvalue weighted by molar-refractivity contribution is 6.00. The van der Waals surface area contributed by atoms with Crippen molar-refractivity contribution >= 4 is 17.5 Å². The molecule has 1 saturated heterocycles. The number of nitrogens with zero attached hydrogens (tertiary/aromatic N) is 3. The molecule has 1 aliphatic heterocycles. The molecule has 3 aromatic rings. The number of hydrogen-bond acceptors (Lipinski definition) is 4. The minimum absolute atomic E-state index is 0.0399. The lowest BCUT2D eigenvalue weighted by molar-refractivity contribution is -0.126. The molecule has 1 aromatic heterocycles. The molecule has 0 saturated carbocycles. The maximum absolute atomic E-state index is 13.4. The number of para-hydroxylation sites is 1. The first-order valence-electron chi connectivity index (χ1n) is 11.2. The molecule has 7 heteroatoms. The van der Waals surface area contributed by atoms with Crippen LogP contribution in [-0.4, -0.2) is 35.0 Å². The van der Waals surface area contributed by atoms with Crippen LogP contribution in [0.4, 0.5) is 5.69 Å². The van der Waals surface area contributed by atoms with Crippen LogP contribution in [0.25, 0.3) is 0 Å². The minimum Gasteiger partial charge on any atom is -0.496 e. The van der Waals surface area contributed by atoms with Crippen molar-refractivity contribution in [3.05, 3.63) is 77.9 Å². The van der Waals surface area contributed by atoms with Crippen LogP contribution in [0, 0.1) is 5.92 Å². The molecule has 172 valence electrons. The second-order valence-corrected chi connectivity index (χ2v) is 8.73. The Balaban J connectivity index is 1.57. The fourth-order valence-corrected chi connectivity index (χ4v) is 4.29. The van der Waals surface area contributed by atoms with Crippen LogP contribution >= 0.6 is 0 Å². The van der Waals surface area contributed by atoms with Crippen LogP contribution in [-0.2, 0) is 16.6 Å². The van der Waals surface area contributed by atoms with Crippen molar-refractivity contribution < 1.29 is 14.3 Å². The molecular formula is C26H30N4O3. The number of rotatable bonds is 7. The smallest absolute Gasteiger partial charge is 0.227 e. The molecule has 2 heterocycles. The summed E-state index contributed by atoms with van der Waals surface area (Å²) in [7, 11) is 3.49. The third-order valence-electron chi connectivity index (χ3n) is 6.20. The number of methoxy groups -OCH3 is 1. The summed E-state index contributed by atoms with van der Waals surface area (Å²) in [5.74, 6) is 1.06. The number of carbonyl (C=O) groups is 2. The van der Waals surface area contributed by atoms with E-state index in [9.17, 15) is 9.59 Å². The second-order valence-electron chi connectivity index (χ2n) is 8.73. The molecule has 33 heavy (non-hydrogen) atoms. The monoisotopic (exact) mass is 446 g/mol. The highest BCUT2D eigenvalue weighted by Gasteiger charge is 2.37. The highest BCUT2D eigenvalue weighted by Crippen LogP contribution is 2.31. The Labute approximate surface area is 194 Å². The standard InChI is InChI=1S/C26H30N4O3/c1-17(2)18-8-7-9-20(14-18)30-16-19(15-23(30)31)26(32)28-24(25-27-12-13-29(25)3)21-10-5-6-11-22(21)33-4/h5-14,17,19,24H,15-16H2,1-4H3,(H,28,32)/t19-,24-/m1/s1.